The van der Waals surface area contributed by atoms with Gasteiger partial charge in [-0.2, -0.15) is 0 Å². The Hall–Kier alpha value is -2.61. The predicted molar refractivity (Wildman–Crippen MR) is 113 cm³/mol. The number of furan rings is 1. The van der Waals surface area contributed by atoms with Crippen molar-refractivity contribution in [3.63, 3.8) is 0 Å². The molecular weight excluding hydrogens is 450 g/mol. The summed E-state index contributed by atoms with van der Waals surface area (Å²) in [4.78, 5) is 14.3. The van der Waals surface area contributed by atoms with Crippen molar-refractivity contribution in [1.29, 1.82) is 0 Å². The number of morpholine rings is 1. The van der Waals surface area contributed by atoms with E-state index in [0.29, 0.717) is 48.0 Å². The van der Waals surface area contributed by atoms with Crippen LogP contribution in [0.15, 0.2) is 45.0 Å². The Balaban J connectivity index is 1.51. The number of nitrogens with one attached hydrogen (secondary N) is 1. The van der Waals surface area contributed by atoms with E-state index in [1.54, 1.807) is 13.0 Å². The van der Waals surface area contributed by atoms with Gasteiger partial charge in [-0.25, -0.2) is 0 Å². The summed E-state index contributed by atoms with van der Waals surface area (Å²) in [5, 5.41) is 13.6. The fourth-order valence-corrected chi connectivity index (χ4v) is 4.44. The van der Waals surface area contributed by atoms with E-state index in [9.17, 15) is 9.90 Å². The van der Waals surface area contributed by atoms with Crippen molar-refractivity contribution in [2.45, 2.75) is 13.5 Å². The standard InChI is InChI=1S/C23H20BrNO5/c1-13-8-18(26)17(12-25-4-6-28-7-5-25)23-21(13)22(27)20(30-23)11-16-10-14-9-15(24)2-3-19(14)29-16/h2-3,8-11,26H,4-7,12H2,1H3/b20-11-. The van der Waals surface area contributed by atoms with Crippen LogP contribution in [0.3, 0.4) is 0 Å². The van der Waals surface area contributed by atoms with Crippen LogP contribution in [0, 0.1) is 6.92 Å². The second kappa shape index (κ2) is 7.58. The van der Waals surface area contributed by atoms with Crippen LogP contribution in [-0.2, 0) is 11.3 Å². The van der Waals surface area contributed by atoms with Crippen LogP contribution in [0.1, 0.15) is 27.2 Å². The Labute approximate surface area is 181 Å². The number of carbonyl (C=O) groups excluding carboxylic acids is 1. The summed E-state index contributed by atoms with van der Waals surface area (Å²) in [5.41, 5.74) is 2.39. The molecule has 1 aromatic heterocycles. The van der Waals surface area contributed by atoms with Crippen LogP contribution in [0.4, 0.5) is 0 Å². The first-order valence-corrected chi connectivity index (χ1v) is 10.7. The maximum Gasteiger partial charge on any atom is 0.232 e. The lowest BCUT2D eigenvalue weighted by atomic mass is 9.99. The van der Waals surface area contributed by atoms with Gasteiger partial charge < -0.3 is 23.9 Å². The molecule has 0 saturated carbocycles. The number of hydrogen-bond acceptors (Lipinski definition) is 5. The summed E-state index contributed by atoms with van der Waals surface area (Å²) < 4.78 is 18.2. The van der Waals surface area contributed by atoms with Gasteiger partial charge in [0.2, 0.25) is 5.78 Å². The van der Waals surface area contributed by atoms with E-state index >= 15 is 0 Å². The van der Waals surface area contributed by atoms with Gasteiger partial charge in [0.1, 0.15) is 36.7 Å². The van der Waals surface area contributed by atoms with Gasteiger partial charge in [0, 0.05) is 21.5 Å². The Kier molecular flexibility index (Phi) is 4.89. The lowest BCUT2D eigenvalue weighted by Gasteiger charge is -2.26. The number of fused-ring (bicyclic) bond motifs is 2. The minimum atomic E-state index is -0.220. The van der Waals surface area contributed by atoms with Gasteiger partial charge in [-0.05, 0) is 36.8 Å². The lowest BCUT2D eigenvalue weighted by molar-refractivity contribution is -0.921. The summed E-state index contributed by atoms with van der Waals surface area (Å²) in [5.74, 6) is 0.791. The summed E-state index contributed by atoms with van der Waals surface area (Å²) in [6.07, 6.45) is 1.60. The molecule has 154 valence electrons. The van der Waals surface area contributed by atoms with Crippen LogP contribution < -0.4 is 14.7 Å². The minimum Gasteiger partial charge on any atom is -0.872 e. The molecule has 1 N–H and O–H groups in total. The molecule has 0 bridgehead atoms. The van der Waals surface area contributed by atoms with Crippen LogP contribution in [0.2, 0.25) is 0 Å². The van der Waals surface area contributed by atoms with Crippen molar-refractivity contribution >= 4 is 38.8 Å². The van der Waals surface area contributed by atoms with Gasteiger partial charge in [-0.15, -0.1) is 0 Å². The van der Waals surface area contributed by atoms with Crippen molar-refractivity contribution in [3.05, 3.63) is 63.0 Å². The molecule has 2 aromatic carbocycles. The van der Waals surface area contributed by atoms with Crippen molar-refractivity contribution in [2.24, 2.45) is 0 Å². The van der Waals surface area contributed by atoms with Gasteiger partial charge in [-0.3, -0.25) is 4.79 Å². The number of carbonyl (C=O) groups is 1. The quantitative estimate of drug-likeness (QED) is 0.596. The van der Waals surface area contributed by atoms with Crippen LogP contribution in [0.5, 0.6) is 11.5 Å². The molecule has 2 aliphatic heterocycles. The van der Waals surface area contributed by atoms with E-state index in [-0.39, 0.29) is 17.3 Å². The van der Waals surface area contributed by atoms with Gasteiger partial charge in [-0.1, -0.05) is 27.7 Å². The number of Topliss-reactive ketones (excluding diaryl/α,β-unsaturated/α-hetero) is 1. The third-order valence-electron chi connectivity index (χ3n) is 5.60. The Morgan fingerprint density at radius 3 is 2.80 bits per heavy atom. The molecule has 0 amide bonds. The smallest absolute Gasteiger partial charge is 0.232 e. The molecule has 2 aliphatic rings. The summed E-state index contributed by atoms with van der Waals surface area (Å²) in [6.45, 7) is 5.29. The molecule has 1 saturated heterocycles. The highest BCUT2D eigenvalue weighted by Gasteiger charge is 2.33. The highest BCUT2D eigenvalue weighted by atomic mass is 79.9. The summed E-state index contributed by atoms with van der Waals surface area (Å²) >= 11 is 3.45. The molecule has 7 heteroatoms. The van der Waals surface area contributed by atoms with Gasteiger partial charge in [0.05, 0.1) is 18.8 Å². The molecule has 3 heterocycles. The van der Waals surface area contributed by atoms with Crippen molar-refractivity contribution in [2.75, 3.05) is 26.3 Å². The number of allylic oxidation sites excluding steroid dienone is 1. The number of halogens is 1. The van der Waals surface area contributed by atoms with Crippen LogP contribution >= 0.6 is 15.9 Å². The molecule has 0 atom stereocenters. The number of benzene rings is 2. The number of ketones is 1. The van der Waals surface area contributed by atoms with Gasteiger partial charge in [0.25, 0.3) is 0 Å². The molecule has 0 unspecified atom stereocenters. The highest BCUT2D eigenvalue weighted by Crippen LogP contribution is 2.40. The zero-order chi connectivity index (χ0) is 20.8. The van der Waals surface area contributed by atoms with Crippen molar-refractivity contribution < 1.29 is 28.7 Å². The van der Waals surface area contributed by atoms with Gasteiger partial charge >= 0.3 is 0 Å². The molecule has 3 aromatic rings. The summed E-state index contributed by atoms with van der Waals surface area (Å²) in [6, 6.07) is 9.11. The Morgan fingerprint density at radius 1 is 1.20 bits per heavy atom. The molecule has 1 fully saturated rings. The van der Waals surface area contributed by atoms with Crippen molar-refractivity contribution in [1.82, 2.24) is 0 Å². The third-order valence-corrected chi connectivity index (χ3v) is 6.09. The van der Waals surface area contributed by atoms with E-state index in [0.717, 1.165) is 28.5 Å². The number of hydrogen-bond donors (Lipinski definition) is 1. The second-order valence-corrected chi connectivity index (χ2v) is 8.60. The largest absolute Gasteiger partial charge is 0.872 e. The third kappa shape index (κ3) is 3.43. The number of ether oxygens (including phenoxy) is 2. The maximum atomic E-state index is 13.1. The van der Waals surface area contributed by atoms with E-state index in [2.05, 4.69) is 15.9 Å². The Morgan fingerprint density at radius 2 is 2.00 bits per heavy atom. The molecule has 0 radical (unpaired) electrons. The van der Waals surface area contributed by atoms with Gasteiger partial charge in [0.15, 0.2) is 5.76 Å². The first-order valence-electron chi connectivity index (χ1n) is 9.88. The molecule has 6 nitrogen and oxygen atoms in total. The minimum absolute atomic E-state index is 0.0899. The number of quaternary nitrogens is 1. The fourth-order valence-electron chi connectivity index (χ4n) is 4.06. The maximum absolute atomic E-state index is 13.1. The first kappa shape index (κ1) is 19.4. The lowest BCUT2D eigenvalue weighted by Crippen LogP contribution is -3.12. The number of aryl methyl sites for hydroxylation is 1. The zero-order valence-electron chi connectivity index (χ0n) is 16.4. The average molecular weight is 470 g/mol. The summed E-state index contributed by atoms with van der Waals surface area (Å²) in [7, 11) is 0. The molecule has 5 rings (SSSR count). The van der Waals surface area contributed by atoms with E-state index in [1.807, 2.05) is 24.3 Å². The normalized spacial score (nSPS) is 18.2. The van der Waals surface area contributed by atoms with Crippen molar-refractivity contribution in [3.8, 4) is 11.5 Å². The zero-order valence-corrected chi connectivity index (χ0v) is 18.0. The average Bonchev–Trinajstić information content (AvgIpc) is 3.26. The topological polar surface area (TPSA) is 76.2 Å². The van der Waals surface area contributed by atoms with E-state index in [4.69, 9.17) is 13.9 Å². The molecular formula is C23H20BrNO5. The predicted octanol–water partition coefficient (Wildman–Crippen LogP) is 2.61. The second-order valence-electron chi connectivity index (χ2n) is 7.68. The van der Waals surface area contributed by atoms with Crippen LogP contribution in [-0.4, -0.2) is 32.1 Å². The van der Waals surface area contributed by atoms with E-state index in [1.165, 1.54) is 11.0 Å². The SMILES string of the molecule is Cc1cc([O-])c(C[NH+]2CCOCC2)c2c1C(=O)/C(=C/c1cc3cc(Br)ccc3o1)O2. The Bertz CT molecular complexity index is 1190. The molecule has 30 heavy (non-hydrogen) atoms. The van der Waals surface area contributed by atoms with E-state index < -0.39 is 0 Å². The first-order chi connectivity index (χ1) is 14.5. The molecule has 0 spiro atoms. The highest BCUT2D eigenvalue weighted by molar-refractivity contribution is 9.10. The monoisotopic (exact) mass is 469 g/mol. The molecule has 0 aliphatic carbocycles. The fraction of sp³-hybridized carbons (Fsp3) is 0.261. The number of rotatable bonds is 3. The van der Waals surface area contributed by atoms with Crippen LogP contribution in [0.25, 0.3) is 17.0 Å².